The maximum atomic E-state index is 12.2. The summed E-state index contributed by atoms with van der Waals surface area (Å²) in [5, 5.41) is 11.9. The summed E-state index contributed by atoms with van der Waals surface area (Å²) < 4.78 is 26.9. The van der Waals surface area contributed by atoms with Crippen molar-refractivity contribution in [1.82, 2.24) is 4.72 Å². The topological polar surface area (TPSA) is 95.5 Å². The van der Waals surface area contributed by atoms with Crippen molar-refractivity contribution in [3.8, 4) is 0 Å². The Balaban J connectivity index is 3.09. The first-order chi connectivity index (χ1) is 9.92. The van der Waals surface area contributed by atoms with Crippen molar-refractivity contribution < 1.29 is 18.3 Å². The molecule has 0 heterocycles. The Kier molecular flexibility index (Phi) is 6.39. The fourth-order valence-electron chi connectivity index (χ4n) is 1.71. The van der Waals surface area contributed by atoms with Crippen LogP contribution in [0.5, 0.6) is 0 Å². The zero-order chi connectivity index (χ0) is 15.9. The molecule has 0 fully saturated rings. The molecule has 0 aliphatic rings. The fraction of sp³-hybridized carbons (Fsp3) is 0.357. The van der Waals surface area contributed by atoms with Gasteiger partial charge in [-0.25, -0.2) is 17.9 Å². The van der Waals surface area contributed by atoms with Crippen molar-refractivity contribution >= 4 is 21.7 Å². The molecule has 0 bridgehead atoms. The van der Waals surface area contributed by atoms with Gasteiger partial charge in [0.25, 0.3) is 0 Å². The van der Waals surface area contributed by atoms with E-state index in [2.05, 4.69) is 16.6 Å². The highest BCUT2D eigenvalue weighted by Crippen LogP contribution is 2.22. The third kappa shape index (κ3) is 4.87. The Morgan fingerprint density at radius 2 is 2.10 bits per heavy atom. The molecule has 0 aliphatic carbocycles. The summed E-state index contributed by atoms with van der Waals surface area (Å²) in [6, 6.07) is 5.29. The average Bonchev–Trinajstić information content (AvgIpc) is 2.45. The van der Waals surface area contributed by atoms with Crippen LogP contribution in [0.3, 0.4) is 0 Å². The normalized spacial score (nSPS) is 12.6. The van der Waals surface area contributed by atoms with Crippen molar-refractivity contribution in [3.05, 3.63) is 36.9 Å². The third-order valence-electron chi connectivity index (χ3n) is 2.75. The van der Waals surface area contributed by atoms with Crippen LogP contribution in [0.25, 0.3) is 0 Å². The highest BCUT2D eigenvalue weighted by atomic mass is 32.2. The molecule has 1 atom stereocenters. The first-order valence-electron chi connectivity index (χ1n) is 6.61. The van der Waals surface area contributed by atoms with Gasteiger partial charge in [0, 0.05) is 6.54 Å². The van der Waals surface area contributed by atoms with Crippen LogP contribution >= 0.6 is 0 Å². The predicted molar refractivity (Wildman–Crippen MR) is 81.8 cm³/mol. The Morgan fingerprint density at radius 3 is 2.67 bits per heavy atom. The Hall–Kier alpha value is -1.86. The summed E-state index contributed by atoms with van der Waals surface area (Å²) in [6.45, 7) is 5.69. The lowest BCUT2D eigenvalue weighted by Crippen LogP contribution is -2.31. The van der Waals surface area contributed by atoms with Gasteiger partial charge in [-0.05, 0) is 25.0 Å². The molecule has 116 valence electrons. The molecular formula is C14H20N2O4S. The highest BCUT2D eigenvalue weighted by molar-refractivity contribution is 7.89. The van der Waals surface area contributed by atoms with Crippen LogP contribution in [0.2, 0.25) is 0 Å². The molecule has 0 aliphatic heterocycles. The summed E-state index contributed by atoms with van der Waals surface area (Å²) in [7, 11) is -3.67. The monoisotopic (exact) mass is 312 g/mol. The summed E-state index contributed by atoms with van der Waals surface area (Å²) >= 11 is 0. The van der Waals surface area contributed by atoms with Crippen molar-refractivity contribution in [2.75, 3.05) is 11.9 Å². The van der Waals surface area contributed by atoms with Gasteiger partial charge in [0.2, 0.25) is 10.0 Å². The van der Waals surface area contributed by atoms with E-state index in [9.17, 15) is 13.2 Å². The second kappa shape index (κ2) is 7.80. The zero-order valence-corrected chi connectivity index (χ0v) is 12.7. The fourth-order valence-corrected chi connectivity index (χ4v) is 3.01. The number of rotatable bonds is 9. The van der Waals surface area contributed by atoms with Crippen LogP contribution < -0.4 is 10.0 Å². The Bertz CT molecular complexity index is 599. The molecule has 1 aromatic carbocycles. The number of nitrogens with one attached hydrogen (secondary N) is 2. The number of anilines is 1. The molecule has 0 saturated carbocycles. The summed E-state index contributed by atoms with van der Waals surface area (Å²) in [6.07, 6.45) is 2.33. The van der Waals surface area contributed by atoms with Gasteiger partial charge >= 0.3 is 5.97 Å². The zero-order valence-electron chi connectivity index (χ0n) is 11.9. The lowest BCUT2D eigenvalue weighted by atomic mass is 10.2. The van der Waals surface area contributed by atoms with Gasteiger partial charge in [-0.2, -0.15) is 0 Å². The van der Waals surface area contributed by atoms with Crippen LogP contribution in [-0.2, 0) is 14.8 Å². The SMILES string of the molecule is C=CCC(Nc1ccccc1S(=O)(=O)NCCC)C(=O)O. The van der Waals surface area contributed by atoms with Crippen LogP contribution in [0.4, 0.5) is 5.69 Å². The number of hydrogen-bond acceptors (Lipinski definition) is 4. The largest absolute Gasteiger partial charge is 0.480 e. The molecule has 0 aromatic heterocycles. The molecule has 0 radical (unpaired) electrons. The molecule has 0 saturated heterocycles. The summed E-state index contributed by atoms with van der Waals surface area (Å²) in [5.41, 5.74) is 0.260. The minimum atomic E-state index is -3.67. The van der Waals surface area contributed by atoms with E-state index in [0.29, 0.717) is 13.0 Å². The Morgan fingerprint density at radius 1 is 1.43 bits per heavy atom. The summed E-state index contributed by atoms with van der Waals surface area (Å²) in [4.78, 5) is 11.2. The van der Waals surface area contributed by atoms with E-state index in [0.717, 1.165) is 0 Å². The lowest BCUT2D eigenvalue weighted by Gasteiger charge is -2.17. The first kappa shape index (κ1) is 17.2. The first-order valence-corrected chi connectivity index (χ1v) is 8.09. The quantitative estimate of drug-likeness (QED) is 0.604. The second-order valence-electron chi connectivity index (χ2n) is 4.45. The van der Waals surface area contributed by atoms with Crippen LogP contribution in [0.1, 0.15) is 19.8 Å². The van der Waals surface area contributed by atoms with Gasteiger partial charge in [0.1, 0.15) is 10.9 Å². The molecule has 1 unspecified atom stereocenters. The van der Waals surface area contributed by atoms with E-state index in [1.165, 1.54) is 12.1 Å². The average molecular weight is 312 g/mol. The van der Waals surface area contributed by atoms with E-state index in [-0.39, 0.29) is 17.0 Å². The van der Waals surface area contributed by atoms with E-state index < -0.39 is 22.0 Å². The molecule has 7 heteroatoms. The molecule has 0 amide bonds. The van der Waals surface area contributed by atoms with Gasteiger partial charge in [-0.1, -0.05) is 25.1 Å². The number of carboxylic acids is 1. The number of hydrogen-bond donors (Lipinski definition) is 3. The molecule has 6 nitrogen and oxygen atoms in total. The Labute approximate surface area is 124 Å². The molecular weight excluding hydrogens is 292 g/mol. The van der Waals surface area contributed by atoms with Gasteiger partial charge in [0.15, 0.2) is 0 Å². The highest BCUT2D eigenvalue weighted by Gasteiger charge is 2.21. The molecule has 0 spiro atoms. The number of carbonyl (C=O) groups is 1. The van der Waals surface area contributed by atoms with Gasteiger partial charge in [-0.15, -0.1) is 6.58 Å². The van der Waals surface area contributed by atoms with Gasteiger partial charge in [-0.3, -0.25) is 0 Å². The predicted octanol–water partition coefficient (Wildman–Crippen LogP) is 1.82. The number of carboxylic acid groups (broad SMARTS) is 1. The number of benzene rings is 1. The third-order valence-corrected chi connectivity index (χ3v) is 4.27. The smallest absolute Gasteiger partial charge is 0.326 e. The van der Waals surface area contributed by atoms with Crippen LogP contribution in [-0.4, -0.2) is 32.1 Å². The van der Waals surface area contributed by atoms with E-state index in [1.54, 1.807) is 18.2 Å². The lowest BCUT2D eigenvalue weighted by molar-refractivity contribution is -0.137. The maximum Gasteiger partial charge on any atom is 0.326 e. The number of sulfonamides is 1. The van der Waals surface area contributed by atoms with Crippen molar-refractivity contribution in [2.45, 2.75) is 30.7 Å². The summed E-state index contributed by atoms with van der Waals surface area (Å²) in [5.74, 6) is -1.07. The van der Waals surface area contributed by atoms with Crippen molar-refractivity contribution in [3.63, 3.8) is 0 Å². The van der Waals surface area contributed by atoms with E-state index in [4.69, 9.17) is 5.11 Å². The molecule has 3 N–H and O–H groups in total. The standard InChI is InChI=1S/C14H20N2O4S/c1-3-7-12(14(17)18)16-11-8-5-6-9-13(11)21(19,20)15-10-4-2/h3,5-6,8-9,12,15-16H,1,4,7,10H2,2H3,(H,17,18). The maximum absolute atomic E-state index is 12.2. The van der Waals surface area contributed by atoms with E-state index in [1.807, 2.05) is 6.92 Å². The molecule has 1 rings (SSSR count). The van der Waals surface area contributed by atoms with Gasteiger partial charge in [0.05, 0.1) is 5.69 Å². The second-order valence-corrected chi connectivity index (χ2v) is 6.19. The minimum Gasteiger partial charge on any atom is -0.480 e. The van der Waals surface area contributed by atoms with Crippen molar-refractivity contribution in [2.24, 2.45) is 0 Å². The van der Waals surface area contributed by atoms with Gasteiger partial charge < -0.3 is 10.4 Å². The number of aliphatic carboxylic acids is 1. The molecule has 1 aromatic rings. The number of para-hydroxylation sites is 1. The van der Waals surface area contributed by atoms with Crippen LogP contribution in [0.15, 0.2) is 41.8 Å². The van der Waals surface area contributed by atoms with Crippen LogP contribution in [0, 0.1) is 0 Å². The molecule has 21 heavy (non-hydrogen) atoms. The minimum absolute atomic E-state index is 0.0359. The van der Waals surface area contributed by atoms with E-state index >= 15 is 0 Å². The van der Waals surface area contributed by atoms with Crippen molar-refractivity contribution in [1.29, 1.82) is 0 Å².